The predicted octanol–water partition coefficient (Wildman–Crippen LogP) is -0.527. The van der Waals surface area contributed by atoms with E-state index in [0.29, 0.717) is 56.3 Å². The highest BCUT2D eigenvalue weighted by Crippen LogP contribution is 2.19. The molecule has 3 rings (SSSR count). The van der Waals surface area contributed by atoms with E-state index in [4.69, 9.17) is 11.5 Å². The van der Waals surface area contributed by atoms with E-state index in [0.717, 1.165) is 12.8 Å². The molecule has 0 aromatic carbocycles. The predicted molar refractivity (Wildman–Crippen MR) is 99.2 cm³/mol. The topological polar surface area (TPSA) is 136 Å². The molecular formula is C17H24N8O2. The van der Waals surface area contributed by atoms with Crippen LogP contribution in [0.1, 0.15) is 33.7 Å². The number of carbonyl (C=O) groups is 2. The van der Waals surface area contributed by atoms with E-state index in [1.165, 1.54) is 0 Å². The van der Waals surface area contributed by atoms with Crippen LogP contribution in [0.3, 0.4) is 0 Å². The minimum absolute atomic E-state index is 0.143. The van der Waals surface area contributed by atoms with Gasteiger partial charge >= 0.3 is 0 Å². The SMILES string of the molecule is NCCCCn1cc(C(=O)N2CCN(c3ncccc3C(N)=O)CC2)nn1. The Morgan fingerprint density at radius 3 is 2.63 bits per heavy atom. The summed E-state index contributed by atoms with van der Waals surface area (Å²) in [6.45, 7) is 3.47. The van der Waals surface area contributed by atoms with Crippen LogP contribution in [-0.4, -0.2) is 69.4 Å². The van der Waals surface area contributed by atoms with Crippen LogP contribution in [0.15, 0.2) is 24.5 Å². The molecule has 3 heterocycles. The van der Waals surface area contributed by atoms with Crippen molar-refractivity contribution in [3.8, 4) is 0 Å². The van der Waals surface area contributed by atoms with E-state index in [9.17, 15) is 9.59 Å². The molecular weight excluding hydrogens is 348 g/mol. The fourth-order valence-electron chi connectivity index (χ4n) is 3.05. The molecule has 1 aliphatic heterocycles. The zero-order chi connectivity index (χ0) is 19.2. The lowest BCUT2D eigenvalue weighted by Gasteiger charge is -2.35. The first-order valence-corrected chi connectivity index (χ1v) is 8.99. The van der Waals surface area contributed by atoms with Crippen LogP contribution in [0.25, 0.3) is 0 Å². The fourth-order valence-corrected chi connectivity index (χ4v) is 3.05. The average molecular weight is 372 g/mol. The number of rotatable bonds is 7. The quantitative estimate of drug-likeness (QED) is 0.624. The summed E-state index contributed by atoms with van der Waals surface area (Å²) in [4.78, 5) is 32.2. The van der Waals surface area contributed by atoms with Crippen molar-refractivity contribution in [1.82, 2.24) is 24.9 Å². The highest BCUT2D eigenvalue weighted by atomic mass is 16.2. The van der Waals surface area contributed by atoms with Crippen LogP contribution in [-0.2, 0) is 6.54 Å². The number of anilines is 1. The van der Waals surface area contributed by atoms with Crippen molar-refractivity contribution < 1.29 is 9.59 Å². The molecule has 0 radical (unpaired) electrons. The number of piperazine rings is 1. The van der Waals surface area contributed by atoms with E-state index < -0.39 is 5.91 Å². The van der Waals surface area contributed by atoms with Crippen LogP contribution in [0.4, 0.5) is 5.82 Å². The van der Waals surface area contributed by atoms with E-state index in [-0.39, 0.29) is 5.91 Å². The number of hydrogen-bond acceptors (Lipinski definition) is 7. The monoisotopic (exact) mass is 372 g/mol. The zero-order valence-electron chi connectivity index (χ0n) is 15.1. The first kappa shape index (κ1) is 18.8. The Morgan fingerprint density at radius 1 is 1.15 bits per heavy atom. The minimum Gasteiger partial charge on any atom is -0.365 e. The normalized spacial score (nSPS) is 14.4. The van der Waals surface area contributed by atoms with E-state index in [1.54, 1.807) is 34.1 Å². The summed E-state index contributed by atoms with van der Waals surface area (Å²) in [5, 5.41) is 7.99. The lowest BCUT2D eigenvalue weighted by atomic mass is 10.2. The number of carbonyl (C=O) groups excluding carboxylic acids is 2. The Labute approximate surface area is 157 Å². The zero-order valence-corrected chi connectivity index (χ0v) is 15.1. The molecule has 10 heteroatoms. The second-order valence-electron chi connectivity index (χ2n) is 6.38. The van der Waals surface area contributed by atoms with E-state index in [2.05, 4.69) is 15.3 Å². The maximum atomic E-state index is 12.6. The number of pyridine rings is 1. The summed E-state index contributed by atoms with van der Waals surface area (Å²) in [6.07, 6.45) is 5.11. The smallest absolute Gasteiger partial charge is 0.276 e. The molecule has 4 N–H and O–H groups in total. The van der Waals surface area contributed by atoms with Gasteiger partial charge in [-0.25, -0.2) is 4.98 Å². The number of hydrogen-bond donors (Lipinski definition) is 2. The van der Waals surface area contributed by atoms with Crippen LogP contribution < -0.4 is 16.4 Å². The number of primary amides is 1. The van der Waals surface area contributed by atoms with Crippen molar-refractivity contribution in [1.29, 1.82) is 0 Å². The third-order valence-corrected chi connectivity index (χ3v) is 4.52. The van der Waals surface area contributed by atoms with Crippen LogP contribution in [0.5, 0.6) is 0 Å². The van der Waals surface area contributed by atoms with Gasteiger partial charge in [-0.15, -0.1) is 5.10 Å². The van der Waals surface area contributed by atoms with E-state index >= 15 is 0 Å². The second kappa shape index (κ2) is 8.58. The third-order valence-electron chi connectivity index (χ3n) is 4.52. The molecule has 144 valence electrons. The molecule has 2 aromatic rings. The Bertz CT molecular complexity index is 798. The summed E-state index contributed by atoms with van der Waals surface area (Å²) in [6, 6.07) is 3.34. The standard InChI is InChI=1S/C17H24N8O2/c18-5-1-2-7-25-12-14(21-22-25)17(27)24-10-8-23(9-11-24)16-13(15(19)26)4-3-6-20-16/h3-4,6,12H,1-2,5,7-11,18H2,(H2,19,26). The molecule has 0 spiro atoms. The number of nitrogens with two attached hydrogens (primary N) is 2. The molecule has 1 saturated heterocycles. The first-order valence-electron chi connectivity index (χ1n) is 8.99. The van der Waals surface area contributed by atoms with Crippen LogP contribution in [0, 0.1) is 0 Å². The van der Waals surface area contributed by atoms with Gasteiger partial charge in [-0.2, -0.15) is 0 Å². The van der Waals surface area contributed by atoms with Crippen molar-refractivity contribution in [3.05, 3.63) is 35.8 Å². The van der Waals surface area contributed by atoms with Gasteiger partial charge in [-0.1, -0.05) is 5.21 Å². The summed E-state index contributed by atoms with van der Waals surface area (Å²) >= 11 is 0. The summed E-state index contributed by atoms with van der Waals surface area (Å²) < 4.78 is 1.67. The molecule has 0 unspecified atom stereocenters. The number of unbranched alkanes of at least 4 members (excludes halogenated alkanes) is 1. The Hall–Kier alpha value is -3.01. The van der Waals surface area contributed by atoms with Gasteiger partial charge in [0, 0.05) is 38.9 Å². The van der Waals surface area contributed by atoms with Gasteiger partial charge in [0.05, 0.1) is 11.8 Å². The number of aromatic nitrogens is 4. The van der Waals surface area contributed by atoms with Crippen molar-refractivity contribution in [2.75, 3.05) is 37.6 Å². The van der Waals surface area contributed by atoms with Gasteiger partial charge in [-0.3, -0.25) is 14.3 Å². The molecule has 2 aromatic heterocycles. The van der Waals surface area contributed by atoms with Crippen LogP contribution in [0.2, 0.25) is 0 Å². The highest BCUT2D eigenvalue weighted by Gasteiger charge is 2.26. The molecule has 0 saturated carbocycles. The Morgan fingerprint density at radius 2 is 1.93 bits per heavy atom. The molecule has 0 atom stereocenters. The minimum atomic E-state index is -0.511. The Kier molecular flexibility index (Phi) is 5.97. The largest absolute Gasteiger partial charge is 0.365 e. The number of amides is 2. The van der Waals surface area contributed by atoms with Gasteiger partial charge in [0.1, 0.15) is 5.82 Å². The lowest BCUT2D eigenvalue weighted by Crippen LogP contribution is -2.49. The maximum Gasteiger partial charge on any atom is 0.276 e. The second-order valence-corrected chi connectivity index (χ2v) is 6.38. The van der Waals surface area contributed by atoms with Gasteiger partial charge in [0.25, 0.3) is 11.8 Å². The molecule has 2 amide bonds. The van der Waals surface area contributed by atoms with Gasteiger partial charge < -0.3 is 21.3 Å². The van der Waals surface area contributed by atoms with Gasteiger partial charge in [0.15, 0.2) is 5.69 Å². The average Bonchev–Trinajstić information content (AvgIpc) is 3.16. The molecule has 0 aliphatic carbocycles. The van der Waals surface area contributed by atoms with Crippen molar-refractivity contribution in [2.24, 2.45) is 11.5 Å². The van der Waals surface area contributed by atoms with Crippen molar-refractivity contribution in [2.45, 2.75) is 19.4 Å². The summed E-state index contributed by atoms with van der Waals surface area (Å²) in [7, 11) is 0. The molecule has 10 nitrogen and oxygen atoms in total. The molecule has 0 bridgehead atoms. The third kappa shape index (κ3) is 4.40. The molecule has 1 fully saturated rings. The highest BCUT2D eigenvalue weighted by molar-refractivity contribution is 5.97. The lowest BCUT2D eigenvalue weighted by molar-refractivity contribution is 0.0739. The number of aryl methyl sites for hydroxylation is 1. The number of nitrogens with zero attached hydrogens (tertiary/aromatic N) is 6. The summed E-state index contributed by atoms with van der Waals surface area (Å²) in [5.41, 5.74) is 11.6. The van der Waals surface area contributed by atoms with Crippen molar-refractivity contribution >= 4 is 17.6 Å². The Balaban J connectivity index is 1.59. The molecule has 1 aliphatic rings. The fraction of sp³-hybridized carbons (Fsp3) is 0.471. The van der Waals surface area contributed by atoms with Gasteiger partial charge in [0.2, 0.25) is 0 Å². The first-order chi connectivity index (χ1) is 13.1. The summed E-state index contributed by atoms with van der Waals surface area (Å²) in [5.74, 6) is -0.0957. The maximum absolute atomic E-state index is 12.6. The van der Waals surface area contributed by atoms with Crippen molar-refractivity contribution in [3.63, 3.8) is 0 Å². The van der Waals surface area contributed by atoms with Gasteiger partial charge in [-0.05, 0) is 31.5 Å². The molecule has 27 heavy (non-hydrogen) atoms. The van der Waals surface area contributed by atoms with Crippen LogP contribution >= 0.6 is 0 Å². The van der Waals surface area contributed by atoms with E-state index in [1.807, 2.05) is 4.90 Å².